The van der Waals surface area contributed by atoms with Crippen molar-refractivity contribution in [2.75, 3.05) is 5.73 Å². The Morgan fingerprint density at radius 2 is 1.55 bits per heavy atom. The summed E-state index contributed by atoms with van der Waals surface area (Å²) in [6, 6.07) is 5.41. The molecule has 0 saturated heterocycles. The Morgan fingerprint density at radius 3 is 2.10 bits per heavy atom. The van der Waals surface area contributed by atoms with E-state index in [1.54, 1.807) is 13.8 Å². The fourth-order valence-corrected chi connectivity index (χ4v) is 2.45. The number of anilines is 1. The maximum absolute atomic E-state index is 13.9. The molecule has 2 aromatic carbocycles. The van der Waals surface area contributed by atoms with Crippen molar-refractivity contribution in [1.29, 1.82) is 0 Å². The van der Waals surface area contributed by atoms with Crippen LogP contribution in [-0.4, -0.2) is 5.78 Å². The first-order chi connectivity index (χ1) is 9.31. The van der Waals surface area contributed by atoms with Crippen LogP contribution in [0, 0.1) is 32.4 Å². The minimum atomic E-state index is -0.879. The highest BCUT2D eigenvalue weighted by molar-refractivity contribution is 6.11. The van der Waals surface area contributed by atoms with Crippen molar-refractivity contribution in [2.24, 2.45) is 0 Å². The lowest BCUT2D eigenvalue weighted by Crippen LogP contribution is -2.11. The number of aryl methyl sites for hydroxylation is 3. The number of benzene rings is 2. The molecule has 0 heterocycles. The second-order valence-electron chi connectivity index (χ2n) is 4.96. The van der Waals surface area contributed by atoms with Gasteiger partial charge in [-0.15, -0.1) is 0 Å². The summed E-state index contributed by atoms with van der Waals surface area (Å²) >= 11 is 0. The Kier molecular flexibility index (Phi) is 3.57. The van der Waals surface area contributed by atoms with Gasteiger partial charge in [0.1, 0.15) is 5.82 Å². The normalized spacial score (nSPS) is 10.7. The fraction of sp³-hybridized carbons (Fsp3) is 0.188. The topological polar surface area (TPSA) is 43.1 Å². The van der Waals surface area contributed by atoms with Gasteiger partial charge < -0.3 is 5.73 Å². The van der Waals surface area contributed by atoms with Gasteiger partial charge >= 0.3 is 0 Å². The zero-order valence-electron chi connectivity index (χ0n) is 11.6. The molecule has 2 rings (SSSR count). The molecule has 20 heavy (non-hydrogen) atoms. The molecule has 0 bridgehead atoms. The van der Waals surface area contributed by atoms with Gasteiger partial charge in [0.2, 0.25) is 0 Å². The van der Waals surface area contributed by atoms with Gasteiger partial charge in [0.05, 0.1) is 11.3 Å². The van der Waals surface area contributed by atoms with Crippen LogP contribution in [0.2, 0.25) is 0 Å². The maximum Gasteiger partial charge on any atom is 0.196 e. The molecule has 0 aliphatic heterocycles. The summed E-state index contributed by atoms with van der Waals surface area (Å²) < 4.78 is 27.3. The van der Waals surface area contributed by atoms with E-state index in [0.29, 0.717) is 5.56 Å². The van der Waals surface area contributed by atoms with Crippen molar-refractivity contribution in [3.05, 3.63) is 63.7 Å². The van der Waals surface area contributed by atoms with E-state index in [1.165, 1.54) is 0 Å². The van der Waals surface area contributed by atoms with E-state index in [1.807, 2.05) is 19.1 Å². The molecule has 0 saturated carbocycles. The van der Waals surface area contributed by atoms with E-state index in [0.717, 1.165) is 28.8 Å². The van der Waals surface area contributed by atoms with Crippen LogP contribution in [0.3, 0.4) is 0 Å². The lowest BCUT2D eigenvalue weighted by Gasteiger charge is -2.12. The van der Waals surface area contributed by atoms with E-state index in [9.17, 15) is 13.6 Å². The standard InChI is InChI=1S/C16H15F2NO/c1-8-4-9(2)14(10(3)5-8)16(20)12-6-11(17)7-13(19)15(12)18/h4-7H,19H2,1-3H3. The van der Waals surface area contributed by atoms with E-state index in [-0.39, 0.29) is 11.3 Å². The molecule has 0 atom stereocenters. The molecule has 0 unspecified atom stereocenters. The monoisotopic (exact) mass is 275 g/mol. The summed E-state index contributed by atoms with van der Waals surface area (Å²) in [6.45, 7) is 5.45. The smallest absolute Gasteiger partial charge is 0.196 e. The number of nitrogens with two attached hydrogens (primary N) is 1. The summed E-state index contributed by atoms with van der Waals surface area (Å²) in [5, 5.41) is 0. The molecule has 4 heteroatoms. The van der Waals surface area contributed by atoms with Gasteiger partial charge in [-0.05, 0) is 44.0 Å². The number of rotatable bonds is 2. The number of carbonyl (C=O) groups excluding carboxylic acids is 1. The molecule has 0 aliphatic carbocycles. The Labute approximate surface area is 116 Å². The van der Waals surface area contributed by atoms with Crippen molar-refractivity contribution in [3.8, 4) is 0 Å². The van der Waals surface area contributed by atoms with Gasteiger partial charge in [0, 0.05) is 5.56 Å². The average molecular weight is 275 g/mol. The van der Waals surface area contributed by atoms with Crippen LogP contribution in [0.5, 0.6) is 0 Å². The molecule has 0 spiro atoms. The number of hydrogen-bond donors (Lipinski definition) is 1. The largest absolute Gasteiger partial charge is 0.396 e. The van der Waals surface area contributed by atoms with Crippen LogP contribution in [0.25, 0.3) is 0 Å². The highest BCUT2D eigenvalue weighted by Crippen LogP contribution is 2.24. The average Bonchev–Trinajstić information content (AvgIpc) is 2.32. The number of carbonyl (C=O) groups is 1. The lowest BCUT2D eigenvalue weighted by molar-refractivity contribution is 0.103. The summed E-state index contributed by atoms with van der Waals surface area (Å²) in [6.07, 6.45) is 0. The van der Waals surface area contributed by atoms with Gasteiger partial charge in [0.15, 0.2) is 11.6 Å². The minimum Gasteiger partial charge on any atom is -0.396 e. The second kappa shape index (κ2) is 5.04. The number of nitrogen functional groups attached to an aromatic ring is 1. The first-order valence-corrected chi connectivity index (χ1v) is 6.18. The number of hydrogen-bond acceptors (Lipinski definition) is 2. The van der Waals surface area contributed by atoms with Crippen LogP contribution < -0.4 is 5.73 Å². The van der Waals surface area contributed by atoms with Crippen molar-refractivity contribution in [3.63, 3.8) is 0 Å². The highest BCUT2D eigenvalue weighted by atomic mass is 19.1. The second-order valence-corrected chi connectivity index (χ2v) is 4.96. The summed E-state index contributed by atoms with van der Waals surface area (Å²) in [4.78, 5) is 12.5. The number of ketones is 1. The Balaban J connectivity index is 2.64. The van der Waals surface area contributed by atoms with Gasteiger partial charge in [-0.3, -0.25) is 4.79 Å². The molecule has 0 aromatic heterocycles. The van der Waals surface area contributed by atoms with Crippen LogP contribution in [0.15, 0.2) is 24.3 Å². The van der Waals surface area contributed by atoms with Gasteiger partial charge in [-0.2, -0.15) is 0 Å². The zero-order chi connectivity index (χ0) is 15.0. The van der Waals surface area contributed by atoms with E-state index in [4.69, 9.17) is 5.73 Å². The highest BCUT2D eigenvalue weighted by Gasteiger charge is 2.21. The summed E-state index contributed by atoms with van der Waals surface area (Å²) in [5.41, 5.74) is 7.53. The summed E-state index contributed by atoms with van der Waals surface area (Å²) in [7, 11) is 0. The minimum absolute atomic E-state index is 0.336. The maximum atomic E-state index is 13.9. The molecule has 2 nitrogen and oxygen atoms in total. The van der Waals surface area contributed by atoms with Gasteiger partial charge in [-0.1, -0.05) is 17.7 Å². The third kappa shape index (κ3) is 2.41. The molecule has 2 aromatic rings. The molecule has 104 valence electrons. The van der Waals surface area contributed by atoms with Crippen molar-refractivity contribution in [1.82, 2.24) is 0 Å². The molecular formula is C16H15F2NO. The van der Waals surface area contributed by atoms with Crippen LogP contribution in [0.1, 0.15) is 32.6 Å². The fourth-order valence-electron chi connectivity index (χ4n) is 2.45. The third-order valence-electron chi connectivity index (χ3n) is 3.21. The van der Waals surface area contributed by atoms with Gasteiger partial charge in [0.25, 0.3) is 0 Å². The van der Waals surface area contributed by atoms with Crippen molar-refractivity contribution in [2.45, 2.75) is 20.8 Å². The first-order valence-electron chi connectivity index (χ1n) is 6.18. The predicted octanol–water partition coefficient (Wildman–Crippen LogP) is 3.70. The molecule has 0 radical (unpaired) electrons. The van der Waals surface area contributed by atoms with E-state index >= 15 is 0 Å². The Hall–Kier alpha value is -2.23. The lowest BCUT2D eigenvalue weighted by atomic mass is 9.92. The number of halogens is 2. The van der Waals surface area contributed by atoms with Crippen molar-refractivity contribution >= 4 is 11.5 Å². The van der Waals surface area contributed by atoms with Crippen LogP contribution in [0.4, 0.5) is 14.5 Å². The molecule has 0 aliphatic rings. The van der Waals surface area contributed by atoms with E-state index < -0.39 is 17.4 Å². The Morgan fingerprint density at radius 1 is 1.00 bits per heavy atom. The van der Waals surface area contributed by atoms with Crippen LogP contribution in [-0.2, 0) is 0 Å². The SMILES string of the molecule is Cc1cc(C)c(C(=O)c2cc(F)cc(N)c2F)c(C)c1. The molecule has 2 N–H and O–H groups in total. The third-order valence-corrected chi connectivity index (χ3v) is 3.21. The quantitative estimate of drug-likeness (QED) is 0.670. The Bertz CT molecular complexity index is 685. The van der Waals surface area contributed by atoms with E-state index in [2.05, 4.69) is 0 Å². The predicted molar refractivity (Wildman–Crippen MR) is 74.9 cm³/mol. The zero-order valence-corrected chi connectivity index (χ0v) is 11.6. The van der Waals surface area contributed by atoms with Gasteiger partial charge in [-0.25, -0.2) is 8.78 Å². The van der Waals surface area contributed by atoms with Crippen molar-refractivity contribution < 1.29 is 13.6 Å². The first kappa shape index (κ1) is 14.2. The molecule has 0 fully saturated rings. The van der Waals surface area contributed by atoms with Crippen LogP contribution >= 0.6 is 0 Å². The molecular weight excluding hydrogens is 260 g/mol. The summed E-state index contributed by atoms with van der Waals surface area (Å²) in [5.74, 6) is -2.16. The molecule has 0 amide bonds.